The Bertz CT molecular complexity index is 643. The number of carbonyl (C=O) groups is 1. The van der Waals surface area contributed by atoms with Gasteiger partial charge in [-0.25, -0.2) is 0 Å². The van der Waals surface area contributed by atoms with E-state index >= 15 is 0 Å². The van der Waals surface area contributed by atoms with E-state index in [-0.39, 0.29) is 11.1 Å². The number of carbonyl (C=O) groups excluding carboxylic acids is 1. The molecule has 2 aliphatic carbocycles. The molecule has 4 nitrogen and oxygen atoms in total. The van der Waals surface area contributed by atoms with E-state index in [1.807, 2.05) is 11.3 Å². The monoisotopic (exact) mass is 376 g/mol. The molecule has 1 aromatic rings. The largest absolute Gasteiger partial charge is 0.378 e. The van der Waals surface area contributed by atoms with Crippen LogP contribution in [0.3, 0.4) is 0 Å². The standard InChI is InChI=1S/C21H32N2O2S/c1-22(2)21(17-5-4-14-26-17)10-6-19(7-11-21)12-13-23(16-19)18(24)15-20(25-3)8-9-20/h4-5,14H,6-13,15-16H2,1-3H3. The van der Waals surface area contributed by atoms with Crippen LogP contribution in [0.1, 0.15) is 56.2 Å². The fourth-order valence-corrected chi connectivity index (χ4v) is 6.25. The molecular weight excluding hydrogens is 344 g/mol. The Labute approximate surface area is 161 Å². The fraction of sp³-hybridized carbons (Fsp3) is 0.762. The lowest BCUT2D eigenvalue weighted by atomic mass is 9.66. The van der Waals surface area contributed by atoms with Crippen LogP contribution in [0.4, 0.5) is 0 Å². The van der Waals surface area contributed by atoms with Gasteiger partial charge in [0, 0.05) is 25.1 Å². The maximum absolute atomic E-state index is 12.7. The van der Waals surface area contributed by atoms with E-state index in [9.17, 15) is 4.79 Å². The number of amides is 1. The molecule has 3 fully saturated rings. The molecular formula is C21H32N2O2S. The summed E-state index contributed by atoms with van der Waals surface area (Å²) >= 11 is 1.89. The van der Waals surface area contributed by atoms with E-state index in [4.69, 9.17) is 4.74 Å². The number of ether oxygens (including phenoxy) is 1. The van der Waals surface area contributed by atoms with Crippen molar-refractivity contribution >= 4 is 17.2 Å². The second-order valence-electron chi connectivity index (χ2n) is 9.03. The van der Waals surface area contributed by atoms with Gasteiger partial charge in [0.25, 0.3) is 0 Å². The van der Waals surface area contributed by atoms with E-state index in [0.29, 0.717) is 17.7 Å². The number of methoxy groups -OCH3 is 1. The average molecular weight is 377 g/mol. The van der Waals surface area contributed by atoms with Crippen molar-refractivity contribution in [1.29, 1.82) is 0 Å². The van der Waals surface area contributed by atoms with Crippen LogP contribution in [0.5, 0.6) is 0 Å². The Morgan fingerprint density at radius 1 is 1.19 bits per heavy atom. The Morgan fingerprint density at radius 3 is 2.46 bits per heavy atom. The van der Waals surface area contributed by atoms with Gasteiger partial charge in [-0.1, -0.05) is 6.07 Å². The predicted octanol–water partition coefficient (Wildman–Crippen LogP) is 3.87. The summed E-state index contributed by atoms with van der Waals surface area (Å²) in [5.41, 5.74) is 0.403. The van der Waals surface area contributed by atoms with Crippen molar-refractivity contribution in [1.82, 2.24) is 9.80 Å². The van der Waals surface area contributed by atoms with Gasteiger partial charge in [-0.3, -0.25) is 9.69 Å². The highest BCUT2D eigenvalue weighted by molar-refractivity contribution is 7.10. The van der Waals surface area contributed by atoms with E-state index in [0.717, 1.165) is 25.9 Å². The van der Waals surface area contributed by atoms with Crippen molar-refractivity contribution < 1.29 is 9.53 Å². The molecule has 0 aromatic carbocycles. The zero-order valence-electron chi connectivity index (χ0n) is 16.4. The van der Waals surface area contributed by atoms with Gasteiger partial charge < -0.3 is 9.64 Å². The van der Waals surface area contributed by atoms with Gasteiger partial charge in [-0.05, 0) is 75.9 Å². The molecule has 1 aromatic heterocycles. The van der Waals surface area contributed by atoms with Crippen molar-refractivity contribution in [3.63, 3.8) is 0 Å². The minimum Gasteiger partial charge on any atom is -0.378 e. The van der Waals surface area contributed by atoms with E-state index in [1.165, 1.54) is 37.0 Å². The van der Waals surface area contributed by atoms with Gasteiger partial charge in [-0.2, -0.15) is 0 Å². The first kappa shape index (κ1) is 18.5. The van der Waals surface area contributed by atoms with Crippen LogP contribution in [-0.4, -0.2) is 55.6 Å². The van der Waals surface area contributed by atoms with Crippen molar-refractivity contribution in [3.05, 3.63) is 22.4 Å². The van der Waals surface area contributed by atoms with Gasteiger partial charge >= 0.3 is 0 Å². The van der Waals surface area contributed by atoms with E-state index in [2.05, 4.69) is 41.4 Å². The van der Waals surface area contributed by atoms with Crippen LogP contribution in [0.15, 0.2) is 17.5 Å². The molecule has 1 aliphatic heterocycles. The molecule has 0 bridgehead atoms. The van der Waals surface area contributed by atoms with Crippen LogP contribution in [0, 0.1) is 5.41 Å². The number of hydrogen-bond donors (Lipinski definition) is 0. The summed E-state index contributed by atoms with van der Waals surface area (Å²) in [4.78, 5) is 18.8. The third-order valence-corrected chi connectivity index (χ3v) is 8.54. The maximum Gasteiger partial charge on any atom is 0.225 e. The summed E-state index contributed by atoms with van der Waals surface area (Å²) in [5, 5.41) is 2.20. The SMILES string of the molecule is COC1(CC(=O)N2CCC3(CCC(c4cccs4)(N(C)C)CC3)C2)CC1. The summed E-state index contributed by atoms with van der Waals surface area (Å²) in [6.07, 6.45) is 8.68. The lowest BCUT2D eigenvalue weighted by Gasteiger charge is -2.48. The Balaban J connectivity index is 1.40. The highest BCUT2D eigenvalue weighted by Crippen LogP contribution is 2.53. The Kier molecular flexibility index (Phi) is 4.69. The normalized spacial score (nSPS) is 33.2. The van der Waals surface area contributed by atoms with E-state index in [1.54, 1.807) is 7.11 Å². The van der Waals surface area contributed by atoms with Crippen molar-refractivity contribution in [3.8, 4) is 0 Å². The summed E-state index contributed by atoms with van der Waals surface area (Å²) in [5.74, 6) is 0.309. The summed E-state index contributed by atoms with van der Waals surface area (Å²) in [7, 11) is 6.20. The van der Waals surface area contributed by atoms with Crippen LogP contribution in [-0.2, 0) is 15.1 Å². The molecule has 2 saturated carbocycles. The summed E-state index contributed by atoms with van der Waals surface area (Å²) < 4.78 is 5.56. The highest BCUT2D eigenvalue weighted by atomic mass is 32.1. The fourth-order valence-electron chi connectivity index (χ4n) is 5.19. The van der Waals surface area contributed by atoms with Gasteiger partial charge in [0.15, 0.2) is 0 Å². The van der Waals surface area contributed by atoms with Gasteiger partial charge in [0.1, 0.15) is 0 Å². The molecule has 1 spiro atoms. The first-order valence-corrected chi connectivity index (χ1v) is 10.9. The minimum absolute atomic E-state index is 0.126. The zero-order valence-corrected chi connectivity index (χ0v) is 17.2. The van der Waals surface area contributed by atoms with Crippen molar-refractivity contribution in [2.45, 2.75) is 62.5 Å². The third kappa shape index (κ3) is 3.12. The molecule has 2 heterocycles. The second kappa shape index (κ2) is 6.61. The molecule has 5 heteroatoms. The topological polar surface area (TPSA) is 32.8 Å². The molecule has 26 heavy (non-hydrogen) atoms. The molecule has 144 valence electrons. The molecule has 0 radical (unpaired) electrons. The lowest BCUT2D eigenvalue weighted by molar-refractivity contribution is -0.134. The number of nitrogens with zero attached hydrogens (tertiary/aromatic N) is 2. The van der Waals surface area contributed by atoms with Crippen molar-refractivity contribution in [2.75, 3.05) is 34.3 Å². The van der Waals surface area contributed by atoms with Crippen LogP contribution >= 0.6 is 11.3 Å². The third-order valence-electron chi connectivity index (χ3n) is 7.48. The summed E-state index contributed by atoms with van der Waals surface area (Å²) in [6.45, 7) is 1.90. The lowest BCUT2D eigenvalue weighted by Crippen LogP contribution is -2.47. The van der Waals surface area contributed by atoms with Crippen LogP contribution < -0.4 is 0 Å². The molecule has 0 unspecified atom stereocenters. The number of likely N-dealkylation sites (tertiary alicyclic amines) is 1. The minimum atomic E-state index is -0.126. The predicted molar refractivity (Wildman–Crippen MR) is 105 cm³/mol. The second-order valence-corrected chi connectivity index (χ2v) is 9.98. The smallest absolute Gasteiger partial charge is 0.225 e. The zero-order chi connectivity index (χ0) is 18.4. The summed E-state index contributed by atoms with van der Waals surface area (Å²) in [6, 6.07) is 4.47. The van der Waals surface area contributed by atoms with Crippen LogP contribution in [0.25, 0.3) is 0 Å². The van der Waals surface area contributed by atoms with Gasteiger partial charge in [-0.15, -0.1) is 11.3 Å². The first-order chi connectivity index (χ1) is 12.4. The number of rotatable bonds is 5. The quantitative estimate of drug-likeness (QED) is 0.782. The van der Waals surface area contributed by atoms with Crippen LogP contribution in [0.2, 0.25) is 0 Å². The number of thiophene rings is 1. The van der Waals surface area contributed by atoms with Gasteiger partial charge in [0.2, 0.25) is 5.91 Å². The maximum atomic E-state index is 12.7. The van der Waals surface area contributed by atoms with E-state index < -0.39 is 0 Å². The Morgan fingerprint density at radius 2 is 1.92 bits per heavy atom. The number of hydrogen-bond acceptors (Lipinski definition) is 4. The average Bonchev–Trinajstić information content (AvgIpc) is 3.03. The molecule has 4 rings (SSSR count). The molecule has 0 atom stereocenters. The van der Waals surface area contributed by atoms with Gasteiger partial charge in [0.05, 0.1) is 17.6 Å². The molecule has 1 amide bonds. The Hall–Kier alpha value is -0.910. The van der Waals surface area contributed by atoms with Crippen molar-refractivity contribution in [2.24, 2.45) is 5.41 Å². The highest BCUT2D eigenvalue weighted by Gasteiger charge is 2.50. The molecule has 3 aliphatic rings. The molecule has 1 saturated heterocycles. The molecule has 0 N–H and O–H groups in total. The first-order valence-electron chi connectivity index (χ1n) is 9.97.